The van der Waals surface area contributed by atoms with Crippen molar-refractivity contribution in [2.45, 2.75) is 13.8 Å². The molecular weight excluding hydrogens is 86.1 g/mol. The smallest absolute Gasteiger partial charge is 0.141 e. The highest BCUT2D eigenvalue weighted by molar-refractivity contribution is 5.53. The molecule has 7 heavy (non-hydrogen) atoms. The fraction of sp³-hybridized carbons (Fsp3) is 0.833. The Morgan fingerprint density at radius 1 is 1.29 bits per heavy atom. The highest BCUT2D eigenvalue weighted by atomic mass is 14.9. The fourth-order valence-electron chi connectivity index (χ4n) is 0.596. The summed E-state index contributed by atoms with van der Waals surface area (Å²) in [7, 11) is 4.08. The topological polar surface area (TPSA) is 3.01 Å². The van der Waals surface area contributed by atoms with Crippen molar-refractivity contribution in [3.05, 3.63) is 0 Å². The molecule has 0 bridgehead atoms. The number of rotatable bonds is 1. The zero-order valence-corrected chi connectivity index (χ0v) is 5.60. The maximum absolute atomic E-state index is 2.17. The van der Waals surface area contributed by atoms with Crippen molar-refractivity contribution < 1.29 is 4.58 Å². The molecule has 0 aliphatic heterocycles. The van der Waals surface area contributed by atoms with Crippen molar-refractivity contribution in [1.29, 1.82) is 0 Å². The summed E-state index contributed by atoms with van der Waals surface area (Å²) in [6.07, 6.45) is 2.17. The quantitative estimate of drug-likeness (QED) is 0.341. The Bertz CT molecular complexity index is 68.2. The van der Waals surface area contributed by atoms with Gasteiger partial charge in [-0.05, 0) is 0 Å². The lowest BCUT2D eigenvalue weighted by atomic mass is 10.2. The van der Waals surface area contributed by atoms with Crippen LogP contribution in [0.15, 0.2) is 0 Å². The molecular formula is C6H14N+. The number of nitrogens with zero attached hydrogens (tertiary/aromatic N) is 1. The molecule has 0 aliphatic rings. The summed E-state index contributed by atoms with van der Waals surface area (Å²) in [5, 5.41) is 0. The minimum atomic E-state index is 0.676. The third-order valence-corrected chi connectivity index (χ3v) is 0.596. The van der Waals surface area contributed by atoms with Crippen molar-refractivity contribution in [1.82, 2.24) is 0 Å². The van der Waals surface area contributed by atoms with Crippen molar-refractivity contribution >= 4 is 6.21 Å². The number of hydrogen-bond donors (Lipinski definition) is 0. The molecule has 1 nitrogen and oxygen atoms in total. The summed E-state index contributed by atoms with van der Waals surface area (Å²) in [5.74, 6) is 0.676. The number of hydrogen-bond acceptors (Lipinski definition) is 0. The van der Waals surface area contributed by atoms with Crippen LogP contribution in [0.5, 0.6) is 0 Å². The predicted octanol–water partition coefficient (Wildman–Crippen LogP) is 0.985. The zero-order valence-electron chi connectivity index (χ0n) is 5.60. The highest BCUT2D eigenvalue weighted by Gasteiger charge is 1.88. The van der Waals surface area contributed by atoms with E-state index in [4.69, 9.17) is 0 Å². The monoisotopic (exact) mass is 100 g/mol. The highest BCUT2D eigenvalue weighted by Crippen LogP contribution is 1.81. The van der Waals surface area contributed by atoms with Crippen LogP contribution in [-0.2, 0) is 0 Å². The molecule has 0 rings (SSSR count). The Labute approximate surface area is 45.7 Å². The Morgan fingerprint density at radius 3 is 1.71 bits per heavy atom. The molecule has 0 atom stereocenters. The lowest BCUT2D eigenvalue weighted by molar-refractivity contribution is -0.461. The molecule has 0 spiro atoms. The minimum Gasteiger partial charge on any atom is -0.245 e. The van der Waals surface area contributed by atoms with Gasteiger partial charge in [0, 0.05) is 5.92 Å². The summed E-state index contributed by atoms with van der Waals surface area (Å²) >= 11 is 0. The lowest BCUT2D eigenvalue weighted by Crippen LogP contribution is -2.03. The third kappa shape index (κ3) is 5.67. The largest absolute Gasteiger partial charge is 0.245 e. The first-order valence-corrected chi connectivity index (χ1v) is 2.64. The first-order valence-electron chi connectivity index (χ1n) is 2.64. The second kappa shape index (κ2) is 2.78. The fourth-order valence-corrected chi connectivity index (χ4v) is 0.596. The average Bonchev–Trinajstić information content (AvgIpc) is 1.27. The van der Waals surface area contributed by atoms with E-state index in [1.165, 1.54) is 0 Å². The van der Waals surface area contributed by atoms with Gasteiger partial charge >= 0.3 is 0 Å². The second-order valence-corrected chi connectivity index (χ2v) is 2.36. The summed E-state index contributed by atoms with van der Waals surface area (Å²) in [4.78, 5) is 0. The van der Waals surface area contributed by atoms with Gasteiger partial charge in [-0.25, -0.2) is 4.58 Å². The van der Waals surface area contributed by atoms with E-state index in [0.717, 1.165) is 0 Å². The second-order valence-electron chi connectivity index (χ2n) is 2.36. The van der Waals surface area contributed by atoms with Crippen molar-refractivity contribution in [3.8, 4) is 0 Å². The molecule has 0 aromatic carbocycles. The molecule has 42 valence electrons. The molecule has 0 saturated carbocycles. The molecule has 0 aromatic heterocycles. The van der Waals surface area contributed by atoms with Gasteiger partial charge in [0.1, 0.15) is 20.3 Å². The molecule has 0 radical (unpaired) electrons. The predicted molar refractivity (Wildman–Crippen MR) is 33.0 cm³/mol. The van der Waals surface area contributed by atoms with Crippen molar-refractivity contribution in [2.75, 3.05) is 14.1 Å². The molecule has 0 aliphatic carbocycles. The van der Waals surface area contributed by atoms with Crippen LogP contribution in [0.3, 0.4) is 0 Å². The van der Waals surface area contributed by atoms with E-state index in [1.54, 1.807) is 0 Å². The van der Waals surface area contributed by atoms with Gasteiger partial charge in [0.2, 0.25) is 0 Å². The maximum atomic E-state index is 2.17. The minimum absolute atomic E-state index is 0.676. The van der Waals surface area contributed by atoms with E-state index in [9.17, 15) is 0 Å². The van der Waals surface area contributed by atoms with E-state index in [2.05, 4.69) is 24.6 Å². The lowest BCUT2D eigenvalue weighted by Gasteiger charge is -1.88. The molecule has 0 unspecified atom stereocenters. The van der Waals surface area contributed by atoms with E-state index >= 15 is 0 Å². The van der Waals surface area contributed by atoms with Crippen LogP contribution < -0.4 is 0 Å². The van der Waals surface area contributed by atoms with Gasteiger partial charge in [0.05, 0.1) is 0 Å². The third-order valence-electron chi connectivity index (χ3n) is 0.596. The first-order chi connectivity index (χ1) is 3.13. The van der Waals surface area contributed by atoms with Gasteiger partial charge in [0.15, 0.2) is 0 Å². The van der Waals surface area contributed by atoms with Gasteiger partial charge in [-0.1, -0.05) is 13.8 Å². The Hall–Kier alpha value is -0.330. The molecule has 0 saturated heterocycles. The Kier molecular flexibility index (Phi) is 2.65. The van der Waals surface area contributed by atoms with Crippen molar-refractivity contribution in [2.24, 2.45) is 5.92 Å². The molecule has 0 aromatic rings. The van der Waals surface area contributed by atoms with Crippen LogP contribution >= 0.6 is 0 Å². The average molecular weight is 100 g/mol. The van der Waals surface area contributed by atoms with Crippen LogP contribution in [-0.4, -0.2) is 24.9 Å². The normalized spacial score (nSPS) is 9.29. The Morgan fingerprint density at radius 2 is 1.71 bits per heavy atom. The van der Waals surface area contributed by atoms with Crippen LogP contribution in [0.4, 0.5) is 0 Å². The summed E-state index contributed by atoms with van der Waals surface area (Å²) < 4.78 is 2.07. The Balaban J connectivity index is 3.45. The van der Waals surface area contributed by atoms with Crippen LogP contribution in [0, 0.1) is 5.92 Å². The summed E-state index contributed by atoms with van der Waals surface area (Å²) in [6.45, 7) is 4.33. The van der Waals surface area contributed by atoms with E-state index in [0.29, 0.717) is 5.92 Å². The van der Waals surface area contributed by atoms with E-state index in [1.807, 2.05) is 14.1 Å². The van der Waals surface area contributed by atoms with Gasteiger partial charge in [0.25, 0.3) is 0 Å². The van der Waals surface area contributed by atoms with Crippen LogP contribution in [0.1, 0.15) is 13.8 Å². The first kappa shape index (κ1) is 6.67. The van der Waals surface area contributed by atoms with E-state index < -0.39 is 0 Å². The van der Waals surface area contributed by atoms with Gasteiger partial charge in [-0.3, -0.25) is 0 Å². The molecule has 0 amide bonds. The van der Waals surface area contributed by atoms with Gasteiger partial charge in [-0.15, -0.1) is 0 Å². The summed E-state index contributed by atoms with van der Waals surface area (Å²) in [5.41, 5.74) is 0. The SMILES string of the molecule is CC(C)C=[N+](C)C. The van der Waals surface area contributed by atoms with Crippen molar-refractivity contribution in [3.63, 3.8) is 0 Å². The standard InChI is InChI=1S/C6H14N/c1-6(2)5-7(3)4/h5-6H,1-4H3/q+1. The maximum Gasteiger partial charge on any atom is 0.141 e. The van der Waals surface area contributed by atoms with Crippen LogP contribution in [0.2, 0.25) is 0 Å². The molecule has 0 heterocycles. The zero-order chi connectivity index (χ0) is 5.86. The van der Waals surface area contributed by atoms with Gasteiger partial charge < -0.3 is 0 Å². The molecule has 1 heteroatoms. The van der Waals surface area contributed by atoms with Crippen LogP contribution in [0.25, 0.3) is 0 Å². The van der Waals surface area contributed by atoms with Gasteiger partial charge in [-0.2, -0.15) is 0 Å². The molecule has 0 N–H and O–H groups in total. The van der Waals surface area contributed by atoms with E-state index in [-0.39, 0.29) is 0 Å². The molecule has 0 fully saturated rings. The summed E-state index contributed by atoms with van der Waals surface area (Å²) in [6, 6.07) is 0.